The third kappa shape index (κ3) is 2.93. The van der Waals surface area contributed by atoms with Gasteiger partial charge >= 0.3 is 0 Å². The van der Waals surface area contributed by atoms with Crippen molar-refractivity contribution in [3.63, 3.8) is 0 Å². The molecule has 1 amide bonds. The lowest BCUT2D eigenvalue weighted by Crippen LogP contribution is -2.53. The molecule has 2 aromatic carbocycles. The highest BCUT2D eigenvalue weighted by atomic mass is 32.1. The van der Waals surface area contributed by atoms with Gasteiger partial charge in [0.25, 0.3) is 0 Å². The number of hydrogen-bond acceptors (Lipinski definition) is 5. The highest BCUT2D eigenvalue weighted by Crippen LogP contribution is 2.63. The Bertz CT molecular complexity index is 1370. The van der Waals surface area contributed by atoms with Crippen molar-refractivity contribution in [3.05, 3.63) is 104 Å². The van der Waals surface area contributed by atoms with E-state index in [0.717, 1.165) is 34.4 Å². The van der Waals surface area contributed by atoms with Crippen molar-refractivity contribution in [2.24, 2.45) is 5.41 Å². The lowest BCUT2D eigenvalue weighted by atomic mass is 9.47. The first-order valence-electron chi connectivity index (χ1n) is 10.9. The van der Waals surface area contributed by atoms with Crippen LogP contribution in [0.2, 0.25) is 0 Å². The molecule has 3 aliphatic rings. The molecule has 162 valence electrons. The summed E-state index contributed by atoms with van der Waals surface area (Å²) in [6, 6.07) is 23.0. The van der Waals surface area contributed by atoms with Crippen LogP contribution in [0.4, 0.5) is 5.13 Å². The standard InChI is InChI=1S/C27H21N3OS2/c1-26(24(31)30-25-29-17(14-33-25)13-18-7-6-12-32-18)15-27(16-28)21-10-4-2-8-19(21)23(26)20-9-3-5-11-22(20)27/h2-12,14,23H,13,15H2,1H3,(H,29,30,31). The van der Waals surface area contributed by atoms with Crippen molar-refractivity contribution in [3.8, 4) is 6.07 Å². The number of amides is 1. The molecule has 0 aliphatic heterocycles. The normalized spacial score (nSPS) is 24.5. The maximum absolute atomic E-state index is 13.8. The van der Waals surface area contributed by atoms with Gasteiger partial charge in [-0.2, -0.15) is 5.26 Å². The van der Waals surface area contributed by atoms with E-state index in [9.17, 15) is 10.1 Å². The zero-order valence-electron chi connectivity index (χ0n) is 18.0. The Balaban J connectivity index is 1.38. The zero-order valence-corrected chi connectivity index (χ0v) is 19.7. The van der Waals surface area contributed by atoms with E-state index in [1.807, 2.05) is 42.6 Å². The molecule has 0 radical (unpaired) electrons. The number of nitrogens with one attached hydrogen (secondary N) is 1. The Labute approximate surface area is 200 Å². The molecule has 0 spiro atoms. The summed E-state index contributed by atoms with van der Waals surface area (Å²) in [6.07, 6.45) is 1.22. The Morgan fingerprint density at radius 3 is 2.42 bits per heavy atom. The van der Waals surface area contributed by atoms with Gasteiger partial charge in [0.05, 0.1) is 17.2 Å². The van der Waals surface area contributed by atoms with Gasteiger partial charge in [-0.05, 0) is 47.0 Å². The fraction of sp³-hybridized carbons (Fsp3) is 0.222. The summed E-state index contributed by atoms with van der Waals surface area (Å²) < 4.78 is 0. The van der Waals surface area contributed by atoms with E-state index in [1.165, 1.54) is 16.2 Å². The molecule has 1 N–H and O–H groups in total. The number of thiophene rings is 1. The number of thiazole rings is 1. The lowest BCUT2D eigenvalue weighted by molar-refractivity contribution is -0.127. The van der Waals surface area contributed by atoms with E-state index < -0.39 is 10.8 Å². The molecule has 2 heterocycles. The average Bonchev–Trinajstić information content (AvgIpc) is 3.51. The highest BCUT2D eigenvalue weighted by Gasteiger charge is 2.61. The van der Waals surface area contributed by atoms with Gasteiger partial charge in [-0.25, -0.2) is 4.98 Å². The summed E-state index contributed by atoms with van der Waals surface area (Å²) in [7, 11) is 0. The highest BCUT2D eigenvalue weighted by molar-refractivity contribution is 7.14. The summed E-state index contributed by atoms with van der Waals surface area (Å²) in [6.45, 7) is 2.01. The van der Waals surface area contributed by atoms with E-state index in [4.69, 9.17) is 0 Å². The molecular formula is C27H21N3OS2. The molecule has 33 heavy (non-hydrogen) atoms. The molecular weight excluding hydrogens is 446 g/mol. The number of aromatic nitrogens is 1. The van der Waals surface area contributed by atoms with Crippen molar-refractivity contribution in [1.82, 2.24) is 4.98 Å². The first kappa shape index (κ1) is 20.3. The van der Waals surface area contributed by atoms with E-state index in [-0.39, 0.29) is 11.8 Å². The quantitative estimate of drug-likeness (QED) is 0.394. The third-order valence-electron chi connectivity index (χ3n) is 7.15. The molecule has 0 fully saturated rings. The number of anilines is 1. The van der Waals surface area contributed by atoms with E-state index in [1.54, 1.807) is 11.3 Å². The molecule has 7 rings (SSSR count). The number of rotatable bonds is 4. The average molecular weight is 468 g/mol. The summed E-state index contributed by atoms with van der Waals surface area (Å²) in [5, 5.41) is 18.3. The number of benzene rings is 2. The molecule has 4 nitrogen and oxygen atoms in total. The molecule has 1 unspecified atom stereocenters. The monoisotopic (exact) mass is 467 g/mol. The van der Waals surface area contributed by atoms with Crippen molar-refractivity contribution < 1.29 is 4.79 Å². The Hall–Kier alpha value is -3.27. The maximum atomic E-state index is 13.8. The smallest absolute Gasteiger partial charge is 0.233 e. The van der Waals surface area contributed by atoms with Gasteiger partial charge in [0.15, 0.2) is 5.13 Å². The van der Waals surface area contributed by atoms with Crippen LogP contribution in [0.1, 0.15) is 52.1 Å². The minimum atomic E-state index is -0.832. The molecule has 2 bridgehead atoms. The van der Waals surface area contributed by atoms with Crippen molar-refractivity contribution >= 4 is 33.7 Å². The molecule has 1 atom stereocenters. The van der Waals surface area contributed by atoms with E-state index in [2.05, 4.69) is 52.1 Å². The second-order valence-electron chi connectivity index (χ2n) is 9.07. The lowest BCUT2D eigenvalue weighted by Gasteiger charge is -2.54. The van der Waals surface area contributed by atoms with Crippen LogP contribution in [0.25, 0.3) is 0 Å². The van der Waals surface area contributed by atoms with Crippen molar-refractivity contribution in [2.45, 2.75) is 31.1 Å². The summed E-state index contributed by atoms with van der Waals surface area (Å²) >= 11 is 3.16. The fourth-order valence-electron chi connectivity index (χ4n) is 5.77. The predicted molar refractivity (Wildman–Crippen MR) is 132 cm³/mol. The second-order valence-corrected chi connectivity index (χ2v) is 11.0. The Morgan fingerprint density at radius 1 is 1.09 bits per heavy atom. The van der Waals surface area contributed by atoms with Crippen molar-refractivity contribution in [2.75, 3.05) is 5.32 Å². The first-order chi connectivity index (χ1) is 16.0. The van der Waals surface area contributed by atoms with Gasteiger partial charge in [0, 0.05) is 22.6 Å². The van der Waals surface area contributed by atoms with Crippen LogP contribution in [-0.2, 0) is 16.6 Å². The third-order valence-corrected chi connectivity index (χ3v) is 8.83. The summed E-state index contributed by atoms with van der Waals surface area (Å²) in [5.74, 6) is -0.182. The van der Waals surface area contributed by atoms with E-state index >= 15 is 0 Å². The Kier molecular flexibility index (Phi) is 4.55. The van der Waals surface area contributed by atoms with Gasteiger partial charge in [-0.15, -0.1) is 22.7 Å². The van der Waals surface area contributed by atoms with Crippen LogP contribution < -0.4 is 5.32 Å². The van der Waals surface area contributed by atoms with Gasteiger partial charge in [-0.3, -0.25) is 4.79 Å². The van der Waals surface area contributed by atoms with Crippen LogP contribution >= 0.6 is 22.7 Å². The number of nitriles is 1. The minimum absolute atomic E-state index is 0.0758. The van der Waals surface area contributed by atoms with Gasteiger partial charge in [0.2, 0.25) is 5.91 Å². The number of fused-ring (bicyclic) bond motifs is 1. The zero-order chi connectivity index (χ0) is 22.6. The largest absolute Gasteiger partial charge is 0.301 e. The number of hydrogen-bond donors (Lipinski definition) is 1. The molecule has 0 saturated heterocycles. The van der Waals surface area contributed by atoms with Crippen molar-refractivity contribution in [1.29, 1.82) is 5.26 Å². The molecule has 4 aromatic rings. The summed E-state index contributed by atoms with van der Waals surface area (Å²) in [4.78, 5) is 19.7. The predicted octanol–water partition coefficient (Wildman–Crippen LogP) is 6.10. The van der Waals surface area contributed by atoms with Gasteiger partial charge in [0.1, 0.15) is 5.41 Å². The number of nitrogens with zero attached hydrogens (tertiary/aromatic N) is 2. The Morgan fingerprint density at radius 2 is 1.79 bits per heavy atom. The van der Waals surface area contributed by atoms with Crippen LogP contribution in [0.15, 0.2) is 71.4 Å². The molecule has 3 aliphatic carbocycles. The second kappa shape index (κ2) is 7.38. The van der Waals surface area contributed by atoms with Gasteiger partial charge in [-0.1, -0.05) is 54.6 Å². The van der Waals surface area contributed by atoms with E-state index in [0.29, 0.717) is 11.6 Å². The minimum Gasteiger partial charge on any atom is -0.301 e. The molecule has 2 aromatic heterocycles. The number of carbonyl (C=O) groups excluding carboxylic acids is 1. The topological polar surface area (TPSA) is 65.8 Å². The van der Waals surface area contributed by atoms with Crippen LogP contribution in [-0.4, -0.2) is 10.9 Å². The van der Waals surface area contributed by atoms with Crippen LogP contribution in [0.3, 0.4) is 0 Å². The van der Waals surface area contributed by atoms with Crippen LogP contribution in [0, 0.1) is 16.7 Å². The van der Waals surface area contributed by atoms with Crippen LogP contribution in [0.5, 0.6) is 0 Å². The molecule has 6 heteroatoms. The first-order valence-corrected chi connectivity index (χ1v) is 12.7. The number of carbonyl (C=O) groups is 1. The van der Waals surface area contributed by atoms with Gasteiger partial charge < -0.3 is 5.32 Å². The summed E-state index contributed by atoms with van der Waals surface area (Å²) in [5.41, 5.74) is 3.60. The maximum Gasteiger partial charge on any atom is 0.233 e. The SMILES string of the molecule is CC1(C(=O)Nc2nc(Cc3cccs3)cs2)CC2(C#N)c3ccccc3C1c1ccccc12. The molecule has 0 saturated carbocycles. The fourth-order valence-corrected chi connectivity index (χ4v) is 7.19.